The van der Waals surface area contributed by atoms with Gasteiger partial charge in [0, 0.05) is 18.9 Å². The summed E-state index contributed by atoms with van der Waals surface area (Å²) in [6.45, 7) is 2.28. The Labute approximate surface area is 141 Å². The van der Waals surface area contributed by atoms with Gasteiger partial charge in [-0.3, -0.25) is 9.59 Å². The molecule has 1 heterocycles. The topological polar surface area (TPSA) is 84.9 Å². The molecule has 1 amide bonds. The van der Waals surface area contributed by atoms with E-state index in [0.29, 0.717) is 31.1 Å². The second-order valence-electron chi connectivity index (χ2n) is 6.51. The second kappa shape index (κ2) is 7.66. The lowest BCUT2D eigenvalue weighted by Gasteiger charge is -2.31. The number of ether oxygens (including phenoxy) is 2. The second-order valence-corrected chi connectivity index (χ2v) is 6.51. The predicted molar refractivity (Wildman–Crippen MR) is 88.0 cm³/mol. The Morgan fingerprint density at radius 3 is 2.33 bits per heavy atom. The smallest absolute Gasteiger partial charge is 0.307 e. The molecule has 0 aromatic heterocycles. The number of nitrogens with one attached hydrogen (secondary N) is 1. The lowest BCUT2D eigenvalue weighted by Crippen LogP contribution is -2.41. The summed E-state index contributed by atoms with van der Waals surface area (Å²) >= 11 is 0. The van der Waals surface area contributed by atoms with E-state index in [1.165, 1.54) is 0 Å². The van der Waals surface area contributed by atoms with Crippen LogP contribution in [0.5, 0.6) is 5.75 Å². The highest BCUT2D eigenvalue weighted by Gasteiger charge is 2.41. The fourth-order valence-corrected chi connectivity index (χ4v) is 3.11. The van der Waals surface area contributed by atoms with Crippen LogP contribution in [0.25, 0.3) is 0 Å². The first-order valence-electron chi connectivity index (χ1n) is 8.48. The van der Waals surface area contributed by atoms with Crippen molar-refractivity contribution >= 4 is 17.6 Å². The Bertz CT molecular complexity index is 580. The van der Waals surface area contributed by atoms with Crippen molar-refractivity contribution in [2.75, 3.05) is 25.1 Å². The predicted octanol–water partition coefficient (Wildman–Crippen LogP) is 2.54. The molecule has 0 spiro atoms. The van der Waals surface area contributed by atoms with Gasteiger partial charge < -0.3 is 19.9 Å². The molecule has 2 unspecified atom stereocenters. The molecule has 6 heteroatoms. The fourth-order valence-electron chi connectivity index (χ4n) is 3.11. The van der Waals surface area contributed by atoms with Crippen molar-refractivity contribution in [3.8, 4) is 5.75 Å². The molecule has 3 rings (SSSR count). The van der Waals surface area contributed by atoms with E-state index in [1.807, 2.05) is 12.1 Å². The van der Waals surface area contributed by atoms with Gasteiger partial charge in [-0.2, -0.15) is 0 Å². The summed E-state index contributed by atoms with van der Waals surface area (Å²) in [5.41, 5.74) is 0.662. The number of rotatable bonds is 6. The fraction of sp³-hybridized carbons (Fsp3) is 0.556. The molecule has 1 saturated carbocycles. The molecule has 1 aromatic rings. The zero-order chi connectivity index (χ0) is 16.9. The number of benzene rings is 1. The molecule has 6 nitrogen and oxygen atoms in total. The Kier molecular flexibility index (Phi) is 5.35. The van der Waals surface area contributed by atoms with Crippen LogP contribution in [-0.2, 0) is 14.3 Å². The van der Waals surface area contributed by atoms with Gasteiger partial charge in [-0.25, -0.2) is 0 Å². The largest absolute Gasteiger partial charge is 0.493 e. The molecule has 1 aromatic carbocycles. The van der Waals surface area contributed by atoms with Crippen LogP contribution in [0.15, 0.2) is 24.3 Å². The van der Waals surface area contributed by atoms with Crippen molar-refractivity contribution in [3.05, 3.63) is 24.3 Å². The number of hydrogen-bond donors (Lipinski definition) is 2. The van der Waals surface area contributed by atoms with Crippen LogP contribution in [0, 0.1) is 17.8 Å². The van der Waals surface area contributed by atoms with E-state index in [2.05, 4.69) is 5.32 Å². The van der Waals surface area contributed by atoms with Crippen LogP contribution in [0.4, 0.5) is 5.69 Å². The van der Waals surface area contributed by atoms with Crippen LogP contribution >= 0.6 is 0 Å². The van der Waals surface area contributed by atoms with Gasteiger partial charge in [0.1, 0.15) is 5.75 Å². The van der Waals surface area contributed by atoms with Crippen molar-refractivity contribution in [2.45, 2.75) is 25.7 Å². The summed E-state index contributed by atoms with van der Waals surface area (Å²) in [5.74, 6) is -0.780. The third kappa shape index (κ3) is 4.06. The number of hydrogen-bond acceptors (Lipinski definition) is 4. The van der Waals surface area contributed by atoms with Gasteiger partial charge in [-0.1, -0.05) is 0 Å². The van der Waals surface area contributed by atoms with E-state index in [-0.39, 0.29) is 5.91 Å². The maximum atomic E-state index is 12.1. The lowest BCUT2D eigenvalue weighted by molar-refractivity contribution is -0.151. The summed E-state index contributed by atoms with van der Waals surface area (Å²) < 4.78 is 11.1. The quantitative estimate of drug-likeness (QED) is 0.836. The molecule has 1 aliphatic heterocycles. The molecule has 2 atom stereocenters. The number of carboxylic acid groups (broad SMARTS) is 1. The monoisotopic (exact) mass is 333 g/mol. The Morgan fingerprint density at radius 2 is 1.75 bits per heavy atom. The number of amides is 1. The van der Waals surface area contributed by atoms with Crippen molar-refractivity contribution in [2.24, 2.45) is 17.8 Å². The van der Waals surface area contributed by atoms with E-state index in [1.54, 1.807) is 12.1 Å². The van der Waals surface area contributed by atoms with Gasteiger partial charge in [0.25, 0.3) is 0 Å². The molecule has 2 aliphatic rings. The third-order valence-corrected chi connectivity index (χ3v) is 4.88. The number of carbonyl (C=O) groups is 2. The Morgan fingerprint density at radius 1 is 1.08 bits per heavy atom. The SMILES string of the molecule is O=C(O)C1CCC1C(=O)Nc1ccc(OCC2CCOCC2)cc1. The lowest BCUT2D eigenvalue weighted by atomic mass is 9.73. The average molecular weight is 333 g/mol. The molecular formula is C18H23NO5. The minimum Gasteiger partial charge on any atom is -0.493 e. The zero-order valence-corrected chi connectivity index (χ0v) is 13.6. The molecule has 1 saturated heterocycles. The van der Waals surface area contributed by atoms with Gasteiger partial charge in [-0.05, 0) is 55.9 Å². The summed E-state index contributed by atoms with van der Waals surface area (Å²) in [6.07, 6.45) is 3.27. The standard InChI is InChI=1S/C18H23NO5/c20-17(15-5-6-16(15)18(21)22)19-13-1-3-14(4-2-13)24-11-12-7-9-23-10-8-12/h1-4,12,15-16H,5-11H2,(H,19,20)(H,21,22). The van der Waals surface area contributed by atoms with Crippen LogP contribution < -0.4 is 10.1 Å². The third-order valence-electron chi connectivity index (χ3n) is 4.88. The first kappa shape index (κ1) is 16.8. The highest BCUT2D eigenvalue weighted by atomic mass is 16.5. The number of aliphatic carboxylic acids is 1. The van der Waals surface area contributed by atoms with E-state index in [4.69, 9.17) is 14.6 Å². The molecule has 1 aliphatic carbocycles. The molecule has 0 radical (unpaired) electrons. The molecule has 2 fully saturated rings. The van der Waals surface area contributed by atoms with Crippen LogP contribution in [0.2, 0.25) is 0 Å². The molecule has 2 N–H and O–H groups in total. The Balaban J connectivity index is 1.47. The number of carbonyl (C=O) groups excluding carboxylic acids is 1. The van der Waals surface area contributed by atoms with Gasteiger partial charge >= 0.3 is 5.97 Å². The van der Waals surface area contributed by atoms with Crippen LogP contribution in [0.1, 0.15) is 25.7 Å². The Hall–Kier alpha value is -2.08. The van der Waals surface area contributed by atoms with Gasteiger partial charge in [0.2, 0.25) is 5.91 Å². The van der Waals surface area contributed by atoms with Crippen molar-refractivity contribution < 1.29 is 24.2 Å². The van der Waals surface area contributed by atoms with Gasteiger partial charge in [0.15, 0.2) is 0 Å². The molecule has 0 bridgehead atoms. The van der Waals surface area contributed by atoms with E-state index in [9.17, 15) is 9.59 Å². The number of anilines is 1. The van der Waals surface area contributed by atoms with Gasteiger partial charge in [-0.15, -0.1) is 0 Å². The molecule has 130 valence electrons. The van der Waals surface area contributed by atoms with Crippen molar-refractivity contribution in [1.82, 2.24) is 0 Å². The first-order chi connectivity index (χ1) is 11.6. The average Bonchev–Trinajstić information content (AvgIpc) is 2.53. The molecular weight excluding hydrogens is 310 g/mol. The highest BCUT2D eigenvalue weighted by Crippen LogP contribution is 2.35. The minimum absolute atomic E-state index is 0.218. The van der Waals surface area contributed by atoms with Crippen LogP contribution in [-0.4, -0.2) is 36.8 Å². The van der Waals surface area contributed by atoms with E-state index >= 15 is 0 Å². The molecule has 24 heavy (non-hydrogen) atoms. The minimum atomic E-state index is -0.890. The summed E-state index contributed by atoms with van der Waals surface area (Å²) in [7, 11) is 0. The summed E-state index contributed by atoms with van der Waals surface area (Å²) in [4.78, 5) is 23.1. The maximum Gasteiger partial charge on any atom is 0.307 e. The van der Waals surface area contributed by atoms with Crippen molar-refractivity contribution in [3.63, 3.8) is 0 Å². The van der Waals surface area contributed by atoms with E-state index in [0.717, 1.165) is 31.8 Å². The normalized spacial score (nSPS) is 24.0. The van der Waals surface area contributed by atoms with E-state index < -0.39 is 17.8 Å². The first-order valence-corrected chi connectivity index (χ1v) is 8.48. The summed E-state index contributed by atoms with van der Waals surface area (Å²) in [6, 6.07) is 7.21. The van der Waals surface area contributed by atoms with Crippen molar-refractivity contribution in [1.29, 1.82) is 0 Å². The highest BCUT2D eigenvalue weighted by molar-refractivity contribution is 5.96. The maximum absolute atomic E-state index is 12.1. The van der Waals surface area contributed by atoms with Gasteiger partial charge in [0.05, 0.1) is 18.4 Å². The summed E-state index contributed by atoms with van der Waals surface area (Å²) in [5, 5.41) is 11.8. The van der Waals surface area contributed by atoms with Crippen LogP contribution in [0.3, 0.4) is 0 Å². The number of carboxylic acids is 1. The zero-order valence-electron chi connectivity index (χ0n) is 13.6.